The summed E-state index contributed by atoms with van der Waals surface area (Å²) in [6, 6.07) is 15.5. The van der Waals surface area contributed by atoms with Crippen molar-refractivity contribution in [3.63, 3.8) is 0 Å². The van der Waals surface area contributed by atoms with Gasteiger partial charge in [-0.1, -0.05) is 24.3 Å². The molecule has 0 aliphatic carbocycles. The van der Waals surface area contributed by atoms with E-state index in [4.69, 9.17) is 4.74 Å². The first kappa shape index (κ1) is 19.9. The number of hydrogen-bond acceptors (Lipinski definition) is 3. The molecule has 2 aromatic carbocycles. The number of rotatable bonds is 8. The van der Waals surface area contributed by atoms with E-state index in [0.717, 1.165) is 36.3 Å². The van der Waals surface area contributed by atoms with Crippen LogP contribution in [0.4, 0.5) is 0 Å². The van der Waals surface area contributed by atoms with Crippen LogP contribution in [0.15, 0.2) is 48.5 Å². The Morgan fingerprint density at radius 2 is 1.75 bits per heavy atom. The standard InChI is InChI=1S/C23H28N2O3/c1-17(2)28-21-11-7-18(8-12-21)13-14-24-23(27)20-9-5-19(6-10-20)16-25-15-3-4-22(25)26/h5-12,17H,3-4,13-16H2,1-2H3,(H,24,27). The molecule has 2 amide bonds. The molecule has 1 fully saturated rings. The number of amides is 2. The molecule has 0 unspecified atom stereocenters. The normalized spacial score (nSPS) is 13.8. The van der Waals surface area contributed by atoms with Crippen LogP contribution in [-0.2, 0) is 17.8 Å². The Kier molecular flexibility index (Phi) is 6.69. The van der Waals surface area contributed by atoms with Crippen molar-refractivity contribution in [2.75, 3.05) is 13.1 Å². The van der Waals surface area contributed by atoms with Crippen molar-refractivity contribution >= 4 is 11.8 Å². The minimum Gasteiger partial charge on any atom is -0.491 e. The van der Waals surface area contributed by atoms with Crippen LogP contribution in [0.3, 0.4) is 0 Å². The predicted octanol–water partition coefficient (Wildman–Crippen LogP) is 3.57. The summed E-state index contributed by atoms with van der Waals surface area (Å²) in [5.41, 5.74) is 2.84. The first-order valence-corrected chi connectivity index (χ1v) is 9.92. The van der Waals surface area contributed by atoms with E-state index in [0.29, 0.717) is 25.1 Å². The van der Waals surface area contributed by atoms with Gasteiger partial charge in [0, 0.05) is 31.6 Å². The van der Waals surface area contributed by atoms with Crippen molar-refractivity contribution in [1.82, 2.24) is 10.2 Å². The van der Waals surface area contributed by atoms with Gasteiger partial charge in [0.05, 0.1) is 6.10 Å². The largest absolute Gasteiger partial charge is 0.491 e. The van der Waals surface area contributed by atoms with Crippen LogP contribution in [0.5, 0.6) is 5.75 Å². The van der Waals surface area contributed by atoms with Crippen molar-refractivity contribution in [3.05, 3.63) is 65.2 Å². The maximum Gasteiger partial charge on any atom is 0.251 e. The number of carbonyl (C=O) groups excluding carboxylic acids is 2. The smallest absolute Gasteiger partial charge is 0.251 e. The fraction of sp³-hybridized carbons (Fsp3) is 0.391. The molecule has 1 heterocycles. The molecular weight excluding hydrogens is 352 g/mol. The quantitative estimate of drug-likeness (QED) is 0.762. The molecule has 0 saturated carbocycles. The third-order valence-electron chi connectivity index (χ3n) is 4.76. The molecule has 0 radical (unpaired) electrons. The second kappa shape index (κ2) is 9.40. The third kappa shape index (κ3) is 5.59. The van der Waals surface area contributed by atoms with Crippen molar-refractivity contribution in [1.29, 1.82) is 0 Å². The lowest BCUT2D eigenvalue weighted by Crippen LogP contribution is -2.26. The Labute approximate surface area is 166 Å². The molecular formula is C23H28N2O3. The van der Waals surface area contributed by atoms with E-state index in [1.807, 2.05) is 67.3 Å². The van der Waals surface area contributed by atoms with Gasteiger partial charge in [-0.15, -0.1) is 0 Å². The monoisotopic (exact) mass is 380 g/mol. The number of nitrogens with zero attached hydrogens (tertiary/aromatic N) is 1. The van der Waals surface area contributed by atoms with E-state index >= 15 is 0 Å². The van der Waals surface area contributed by atoms with Gasteiger partial charge in [-0.2, -0.15) is 0 Å². The fourth-order valence-electron chi connectivity index (χ4n) is 3.28. The van der Waals surface area contributed by atoms with Crippen LogP contribution in [0.25, 0.3) is 0 Å². The van der Waals surface area contributed by atoms with Crippen LogP contribution in [0, 0.1) is 0 Å². The minimum atomic E-state index is -0.0800. The zero-order valence-corrected chi connectivity index (χ0v) is 16.6. The molecule has 1 N–H and O–H groups in total. The van der Waals surface area contributed by atoms with Crippen molar-refractivity contribution < 1.29 is 14.3 Å². The topological polar surface area (TPSA) is 58.6 Å². The van der Waals surface area contributed by atoms with Crippen LogP contribution < -0.4 is 10.1 Å². The summed E-state index contributed by atoms with van der Waals surface area (Å²) in [6.45, 7) is 6.03. The van der Waals surface area contributed by atoms with Gasteiger partial charge in [-0.05, 0) is 62.1 Å². The molecule has 5 heteroatoms. The molecule has 28 heavy (non-hydrogen) atoms. The number of nitrogens with one attached hydrogen (secondary N) is 1. The first-order chi connectivity index (χ1) is 13.5. The summed E-state index contributed by atoms with van der Waals surface area (Å²) in [5, 5.41) is 2.96. The van der Waals surface area contributed by atoms with Crippen LogP contribution in [0.1, 0.15) is 48.2 Å². The van der Waals surface area contributed by atoms with E-state index in [1.54, 1.807) is 0 Å². The molecule has 1 aliphatic rings. The Bertz CT molecular complexity index is 798. The molecule has 0 aromatic heterocycles. The lowest BCUT2D eigenvalue weighted by Gasteiger charge is -2.15. The highest BCUT2D eigenvalue weighted by Gasteiger charge is 2.19. The maximum atomic E-state index is 12.3. The van der Waals surface area contributed by atoms with Crippen LogP contribution in [-0.4, -0.2) is 35.9 Å². The molecule has 148 valence electrons. The van der Waals surface area contributed by atoms with E-state index in [2.05, 4.69) is 5.32 Å². The van der Waals surface area contributed by atoms with Gasteiger partial charge in [0.15, 0.2) is 0 Å². The van der Waals surface area contributed by atoms with Crippen LogP contribution in [0.2, 0.25) is 0 Å². The summed E-state index contributed by atoms with van der Waals surface area (Å²) in [4.78, 5) is 25.9. The van der Waals surface area contributed by atoms with Gasteiger partial charge in [-0.3, -0.25) is 9.59 Å². The lowest BCUT2D eigenvalue weighted by atomic mass is 10.1. The third-order valence-corrected chi connectivity index (χ3v) is 4.76. The summed E-state index contributed by atoms with van der Waals surface area (Å²) >= 11 is 0. The second-order valence-corrected chi connectivity index (χ2v) is 7.43. The second-order valence-electron chi connectivity index (χ2n) is 7.43. The minimum absolute atomic E-state index is 0.0800. The molecule has 0 bridgehead atoms. The fourth-order valence-corrected chi connectivity index (χ4v) is 3.28. The van der Waals surface area contributed by atoms with Gasteiger partial charge in [0.1, 0.15) is 5.75 Å². The average molecular weight is 380 g/mol. The SMILES string of the molecule is CC(C)Oc1ccc(CCNC(=O)c2ccc(CN3CCCC3=O)cc2)cc1. The van der Waals surface area contributed by atoms with E-state index in [1.165, 1.54) is 0 Å². The lowest BCUT2D eigenvalue weighted by molar-refractivity contribution is -0.128. The predicted molar refractivity (Wildman–Crippen MR) is 109 cm³/mol. The number of carbonyl (C=O) groups is 2. The highest BCUT2D eigenvalue weighted by Crippen LogP contribution is 2.15. The van der Waals surface area contributed by atoms with Crippen molar-refractivity contribution in [2.24, 2.45) is 0 Å². The van der Waals surface area contributed by atoms with E-state index in [-0.39, 0.29) is 17.9 Å². The molecule has 2 aromatic rings. The van der Waals surface area contributed by atoms with Gasteiger partial charge in [-0.25, -0.2) is 0 Å². The zero-order valence-electron chi connectivity index (χ0n) is 16.6. The van der Waals surface area contributed by atoms with E-state index in [9.17, 15) is 9.59 Å². The Morgan fingerprint density at radius 1 is 1.07 bits per heavy atom. The summed E-state index contributed by atoms with van der Waals surface area (Å²) < 4.78 is 5.64. The van der Waals surface area contributed by atoms with Crippen LogP contribution >= 0.6 is 0 Å². The Balaban J connectivity index is 1.45. The summed E-state index contributed by atoms with van der Waals surface area (Å²) in [7, 11) is 0. The summed E-state index contributed by atoms with van der Waals surface area (Å²) in [5.74, 6) is 0.993. The van der Waals surface area contributed by atoms with Crippen molar-refractivity contribution in [2.45, 2.75) is 45.8 Å². The molecule has 1 aliphatic heterocycles. The molecule has 0 spiro atoms. The average Bonchev–Trinajstić information content (AvgIpc) is 3.08. The Morgan fingerprint density at radius 3 is 2.36 bits per heavy atom. The molecule has 5 nitrogen and oxygen atoms in total. The van der Waals surface area contributed by atoms with Gasteiger partial charge in [0.25, 0.3) is 5.91 Å². The highest BCUT2D eigenvalue weighted by atomic mass is 16.5. The first-order valence-electron chi connectivity index (χ1n) is 9.92. The number of benzene rings is 2. The van der Waals surface area contributed by atoms with Gasteiger partial charge < -0.3 is 15.0 Å². The zero-order chi connectivity index (χ0) is 19.9. The molecule has 0 atom stereocenters. The maximum absolute atomic E-state index is 12.3. The van der Waals surface area contributed by atoms with Gasteiger partial charge >= 0.3 is 0 Å². The number of hydrogen-bond donors (Lipinski definition) is 1. The molecule has 3 rings (SSSR count). The molecule has 1 saturated heterocycles. The highest BCUT2D eigenvalue weighted by molar-refractivity contribution is 5.94. The summed E-state index contributed by atoms with van der Waals surface area (Å²) in [6.07, 6.45) is 2.51. The number of likely N-dealkylation sites (tertiary alicyclic amines) is 1. The van der Waals surface area contributed by atoms with Gasteiger partial charge in [0.2, 0.25) is 5.91 Å². The van der Waals surface area contributed by atoms with E-state index < -0.39 is 0 Å². The number of ether oxygens (including phenoxy) is 1. The Hall–Kier alpha value is -2.82. The van der Waals surface area contributed by atoms with Crippen molar-refractivity contribution in [3.8, 4) is 5.75 Å².